The molecule has 0 heterocycles. The highest BCUT2D eigenvalue weighted by Gasteiger charge is 2.33. The summed E-state index contributed by atoms with van der Waals surface area (Å²) in [5.41, 5.74) is 0. The maximum absolute atomic E-state index is 11.9. The molecule has 0 unspecified atom stereocenters. The Kier molecular flexibility index (Phi) is 5.94. The summed E-state index contributed by atoms with van der Waals surface area (Å²) in [6.07, 6.45) is 1.74. The van der Waals surface area contributed by atoms with Crippen molar-refractivity contribution in [2.24, 2.45) is 11.8 Å². The molecule has 1 aliphatic rings. The van der Waals surface area contributed by atoms with E-state index in [9.17, 15) is 9.59 Å². The van der Waals surface area contributed by atoms with E-state index in [-0.39, 0.29) is 17.7 Å². The fourth-order valence-electron chi connectivity index (χ4n) is 2.46. The second-order valence-electron chi connectivity index (χ2n) is 5.14. The molecule has 1 saturated carbocycles. The van der Waals surface area contributed by atoms with Crippen LogP contribution in [0.15, 0.2) is 29.2 Å². The Bertz CT molecular complexity index is 506. The lowest BCUT2D eigenvalue weighted by atomic mass is 10.0. The minimum absolute atomic E-state index is 0.0181. The zero-order chi connectivity index (χ0) is 15.2. The maximum atomic E-state index is 11.9. The molecule has 0 bridgehead atoms. The van der Waals surface area contributed by atoms with Crippen molar-refractivity contribution < 1.29 is 14.7 Å². The Morgan fingerprint density at radius 1 is 1.24 bits per heavy atom. The molecule has 1 amide bonds. The number of carbonyl (C=O) groups excluding carboxylic acids is 1. The predicted molar refractivity (Wildman–Crippen MR) is 83.7 cm³/mol. The van der Waals surface area contributed by atoms with Crippen LogP contribution in [0.2, 0.25) is 5.02 Å². The molecular formula is C15H18ClNO3S. The van der Waals surface area contributed by atoms with E-state index in [1.165, 1.54) is 0 Å². The Hall–Kier alpha value is -1.20. The number of nitrogens with one attached hydrogen (secondary N) is 1. The van der Waals surface area contributed by atoms with Crippen molar-refractivity contribution >= 4 is 35.2 Å². The van der Waals surface area contributed by atoms with Crippen LogP contribution in [0, 0.1) is 11.8 Å². The second kappa shape index (κ2) is 7.71. The van der Waals surface area contributed by atoms with E-state index in [1.807, 2.05) is 24.3 Å². The van der Waals surface area contributed by atoms with E-state index in [0.29, 0.717) is 30.8 Å². The third kappa shape index (κ3) is 4.93. The van der Waals surface area contributed by atoms with Gasteiger partial charge in [0.15, 0.2) is 0 Å². The van der Waals surface area contributed by atoms with Crippen LogP contribution in [0.1, 0.15) is 19.3 Å². The van der Waals surface area contributed by atoms with Crippen LogP contribution in [0.4, 0.5) is 0 Å². The number of rotatable bonds is 6. The van der Waals surface area contributed by atoms with Gasteiger partial charge >= 0.3 is 5.97 Å². The summed E-state index contributed by atoms with van der Waals surface area (Å²) in [4.78, 5) is 23.9. The first-order chi connectivity index (χ1) is 10.1. The lowest BCUT2D eigenvalue weighted by Gasteiger charge is -2.10. The normalized spacial score (nSPS) is 21.2. The number of aliphatic carboxylic acids is 1. The fraction of sp³-hybridized carbons (Fsp3) is 0.467. The van der Waals surface area contributed by atoms with Crippen molar-refractivity contribution in [1.82, 2.24) is 5.32 Å². The van der Waals surface area contributed by atoms with E-state index >= 15 is 0 Å². The number of thioether (sulfide) groups is 1. The van der Waals surface area contributed by atoms with E-state index < -0.39 is 5.97 Å². The largest absolute Gasteiger partial charge is 0.481 e. The van der Waals surface area contributed by atoms with Crippen molar-refractivity contribution in [2.45, 2.75) is 24.2 Å². The van der Waals surface area contributed by atoms with Crippen LogP contribution in [-0.2, 0) is 9.59 Å². The zero-order valence-electron chi connectivity index (χ0n) is 11.5. The Morgan fingerprint density at radius 2 is 1.90 bits per heavy atom. The molecule has 21 heavy (non-hydrogen) atoms. The van der Waals surface area contributed by atoms with Gasteiger partial charge in [0.2, 0.25) is 5.91 Å². The number of amides is 1. The van der Waals surface area contributed by atoms with Gasteiger partial charge in [-0.2, -0.15) is 0 Å². The second-order valence-corrected chi connectivity index (χ2v) is 6.74. The molecule has 0 aromatic heterocycles. The molecule has 4 nitrogen and oxygen atoms in total. The van der Waals surface area contributed by atoms with Crippen molar-refractivity contribution in [2.75, 3.05) is 12.3 Å². The van der Waals surface area contributed by atoms with E-state index in [2.05, 4.69) is 5.32 Å². The van der Waals surface area contributed by atoms with Gasteiger partial charge in [0, 0.05) is 28.1 Å². The number of halogens is 1. The summed E-state index contributed by atoms with van der Waals surface area (Å²) in [6, 6.07) is 7.58. The first-order valence-corrected chi connectivity index (χ1v) is 8.31. The van der Waals surface area contributed by atoms with E-state index in [4.69, 9.17) is 16.7 Å². The highest BCUT2D eigenvalue weighted by atomic mass is 35.5. The fourth-order valence-corrected chi connectivity index (χ4v) is 3.36. The Labute approximate surface area is 133 Å². The molecule has 2 rings (SSSR count). The minimum atomic E-state index is -0.788. The molecule has 1 aromatic rings. The van der Waals surface area contributed by atoms with Crippen LogP contribution < -0.4 is 5.32 Å². The molecule has 0 spiro atoms. The van der Waals surface area contributed by atoms with Gasteiger partial charge in [-0.25, -0.2) is 0 Å². The van der Waals surface area contributed by atoms with Crippen LogP contribution in [0.3, 0.4) is 0 Å². The number of carboxylic acid groups (broad SMARTS) is 1. The number of carboxylic acids is 1. The van der Waals surface area contributed by atoms with Gasteiger partial charge in [-0.15, -0.1) is 11.8 Å². The van der Waals surface area contributed by atoms with Crippen LogP contribution in [-0.4, -0.2) is 29.3 Å². The molecule has 0 radical (unpaired) electrons. The number of carbonyl (C=O) groups is 2. The SMILES string of the molecule is O=C(O)[C@@H]1CC[C@H](C(=O)NCCSc2ccc(Cl)cc2)C1. The summed E-state index contributed by atoms with van der Waals surface area (Å²) in [5, 5.41) is 12.5. The van der Waals surface area contributed by atoms with Crippen LogP contribution in [0.5, 0.6) is 0 Å². The van der Waals surface area contributed by atoms with Gasteiger partial charge in [0.25, 0.3) is 0 Å². The molecule has 1 aliphatic carbocycles. The third-order valence-corrected chi connectivity index (χ3v) is 4.90. The average molecular weight is 328 g/mol. The van der Waals surface area contributed by atoms with Gasteiger partial charge in [-0.1, -0.05) is 11.6 Å². The van der Waals surface area contributed by atoms with Crippen molar-refractivity contribution in [3.05, 3.63) is 29.3 Å². The third-order valence-electron chi connectivity index (χ3n) is 3.64. The summed E-state index contributed by atoms with van der Waals surface area (Å²) in [5.74, 6) is -0.530. The first kappa shape index (κ1) is 16.2. The van der Waals surface area contributed by atoms with Crippen molar-refractivity contribution in [1.29, 1.82) is 0 Å². The van der Waals surface area contributed by atoms with Gasteiger partial charge in [0.05, 0.1) is 5.92 Å². The minimum Gasteiger partial charge on any atom is -0.481 e. The molecule has 0 saturated heterocycles. The lowest BCUT2D eigenvalue weighted by molar-refractivity contribution is -0.141. The van der Waals surface area contributed by atoms with Crippen molar-refractivity contribution in [3.8, 4) is 0 Å². The van der Waals surface area contributed by atoms with Gasteiger partial charge in [0.1, 0.15) is 0 Å². The van der Waals surface area contributed by atoms with Gasteiger partial charge < -0.3 is 10.4 Å². The average Bonchev–Trinajstić information content (AvgIpc) is 2.95. The Morgan fingerprint density at radius 3 is 2.52 bits per heavy atom. The molecule has 6 heteroatoms. The van der Waals surface area contributed by atoms with Gasteiger partial charge in [-0.05, 0) is 43.5 Å². The quantitative estimate of drug-likeness (QED) is 0.622. The van der Waals surface area contributed by atoms with Crippen LogP contribution in [0.25, 0.3) is 0 Å². The highest BCUT2D eigenvalue weighted by molar-refractivity contribution is 7.99. The standard InChI is InChI=1S/C15H18ClNO3S/c16-12-3-5-13(6-4-12)21-8-7-17-14(18)10-1-2-11(9-10)15(19)20/h3-6,10-11H,1-2,7-9H2,(H,17,18)(H,19,20)/t10-,11+/m0/s1. The highest BCUT2D eigenvalue weighted by Crippen LogP contribution is 2.31. The molecule has 2 N–H and O–H groups in total. The molecule has 1 aromatic carbocycles. The summed E-state index contributed by atoms with van der Waals surface area (Å²) < 4.78 is 0. The molecule has 114 valence electrons. The number of hydrogen-bond donors (Lipinski definition) is 2. The topological polar surface area (TPSA) is 66.4 Å². The maximum Gasteiger partial charge on any atom is 0.306 e. The lowest BCUT2D eigenvalue weighted by Crippen LogP contribution is -2.31. The smallest absolute Gasteiger partial charge is 0.306 e. The summed E-state index contributed by atoms with van der Waals surface area (Å²) in [7, 11) is 0. The molecule has 2 atom stereocenters. The zero-order valence-corrected chi connectivity index (χ0v) is 13.1. The first-order valence-electron chi connectivity index (χ1n) is 6.95. The van der Waals surface area contributed by atoms with E-state index in [1.54, 1.807) is 11.8 Å². The summed E-state index contributed by atoms with van der Waals surface area (Å²) in [6.45, 7) is 0.584. The molecule has 1 fully saturated rings. The van der Waals surface area contributed by atoms with Crippen LogP contribution >= 0.6 is 23.4 Å². The monoisotopic (exact) mass is 327 g/mol. The number of hydrogen-bond acceptors (Lipinski definition) is 3. The predicted octanol–water partition coefficient (Wildman–Crippen LogP) is 3.05. The van der Waals surface area contributed by atoms with Crippen molar-refractivity contribution in [3.63, 3.8) is 0 Å². The molecular weight excluding hydrogens is 310 g/mol. The molecule has 0 aliphatic heterocycles. The number of benzene rings is 1. The summed E-state index contributed by atoms with van der Waals surface area (Å²) >= 11 is 7.46. The van der Waals surface area contributed by atoms with Gasteiger partial charge in [-0.3, -0.25) is 9.59 Å². The Balaban J connectivity index is 1.66. The van der Waals surface area contributed by atoms with E-state index in [0.717, 1.165) is 10.6 Å².